The van der Waals surface area contributed by atoms with E-state index in [1.807, 2.05) is 0 Å². The van der Waals surface area contributed by atoms with Crippen LogP contribution in [0.4, 0.5) is 0 Å². The highest BCUT2D eigenvalue weighted by Crippen LogP contribution is 2.40. The first-order chi connectivity index (χ1) is 9.08. The second-order valence-corrected chi connectivity index (χ2v) is 6.42. The Balaban J connectivity index is 2.15. The zero-order valence-electron chi connectivity index (χ0n) is 12.5. The lowest BCUT2D eigenvalue weighted by molar-refractivity contribution is -0.0883. The van der Waals surface area contributed by atoms with E-state index >= 15 is 0 Å². The number of benzene rings is 1. The van der Waals surface area contributed by atoms with Crippen LogP contribution in [-0.4, -0.2) is 19.8 Å². The van der Waals surface area contributed by atoms with Crippen molar-refractivity contribution in [2.24, 2.45) is 17.6 Å². The molecule has 2 heteroatoms. The lowest BCUT2D eigenvalue weighted by Crippen LogP contribution is -2.52. The van der Waals surface area contributed by atoms with Gasteiger partial charge in [0.1, 0.15) is 0 Å². The molecule has 0 aliphatic carbocycles. The van der Waals surface area contributed by atoms with Crippen LogP contribution in [0.25, 0.3) is 0 Å². The monoisotopic (exact) mass is 261 g/mol. The van der Waals surface area contributed by atoms with Crippen molar-refractivity contribution in [3.8, 4) is 0 Å². The predicted octanol–water partition coefficient (Wildman–Crippen LogP) is 3.14. The third-order valence-electron chi connectivity index (χ3n) is 4.44. The molecule has 1 saturated heterocycles. The van der Waals surface area contributed by atoms with Gasteiger partial charge in [-0.25, -0.2) is 0 Å². The molecule has 19 heavy (non-hydrogen) atoms. The molecule has 2 nitrogen and oxygen atoms in total. The zero-order valence-corrected chi connectivity index (χ0v) is 12.5. The van der Waals surface area contributed by atoms with E-state index < -0.39 is 0 Å². The van der Waals surface area contributed by atoms with Crippen molar-refractivity contribution in [3.63, 3.8) is 0 Å². The summed E-state index contributed by atoms with van der Waals surface area (Å²) in [5.41, 5.74) is 8.78. The SMILES string of the molecule is CC(C)Cc1ccc(C2(C(C)CCN)COC2)cc1. The molecular weight excluding hydrogens is 234 g/mol. The minimum atomic E-state index is 0.204. The molecule has 2 N–H and O–H groups in total. The molecule has 1 unspecified atom stereocenters. The number of rotatable bonds is 6. The van der Waals surface area contributed by atoms with Crippen molar-refractivity contribution < 1.29 is 4.74 Å². The fourth-order valence-corrected chi connectivity index (χ4v) is 3.03. The Morgan fingerprint density at radius 1 is 1.16 bits per heavy atom. The van der Waals surface area contributed by atoms with Crippen molar-refractivity contribution in [1.29, 1.82) is 0 Å². The molecular formula is C17H27NO. The van der Waals surface area contributed by atoms with Gasteiger partial charge in [0.15, 0.2) is 0 Å². The second-order valence-electron chi connectivity index (χ2n) is 6.42. The van der Waals surface area contributed by atoms with E-state index in [4.69, 9.17) is 10.5 Å². The Labute approximate surface area is 117 Å². The molecule has 1 aliphatic rings. The number of hydrogen-bond acceptors (Lipinski definition) is 2. The average Bonchev–Trinajstić information content (AvgIpc) is 2.29. The summed E-state index contributed by atoms with van der Waals surface area (Å²) in [6.07, 6.45) is 2.22. The maximum absolute atomic E-state index is 5.72. The number of hydrogen-bond donors (Lipinski definition) is 1. The van der Waals surface area contributed by atoms with Gasteiger partial charge in [-0.15, -0.1) is 0 Å². The number of nitrogens with two attached hydrogens (primary N) is 1. The van der Waals surface area contributed by atoms with Gasteiger partial charge in [0, 0.05) is 5.41 Å². The summed E-state index contributed by atoms with van der Waals surface area (Å²) in [7, 11) is 0. The lowest BCUT2D eigenvalue weighted by Gasteiger charge is -2.46. The van der Waals surface area contributed by atoms with Gasteiger partial charge in [0.25, 0.3) is 0 Å². The van der Waals surface area contributed by atoms with Crippen LogP contribution in [-0.2, 0) is 16.6 Å². The number of ether oxygens (including phenoxy) is 1. The second kappa shape index (κ2) is 6.06. The minimum Gasteiger partial charge on any atom is -0.379 e. The van der Waals surface area contributed by atoms with E-state index in [1.165, 1.54) is 11.1 Å². The van der Waals surface area contributed by atoms with E-state index in [2.05, 4.69) is 45.0 Å². The quantitative estimate of drug-likeness (QED) is 0.854. The highest BCUT2D eigenvalue weighted by molar-refractivity contribution is 5.32. The Morgan fingerprint density at radius 2 is 1.79 bits per heavy atom. The van der Waals surface area contributed by atoms with E-state index in [0.717, 1.165) is 32.6 Å². The van der Waals surface area contributed by atoms with Gasteiger partial charge in [0.05, 0.1) is 13.2 Å². The van der Waals surface area contributed by atoms with E-state index in [9.17, 15) is 0 Å². The van der Waals surface area contributed by atoms with E-state index in [0.29, 0.717) is 11.8 Å². The maximum atomic E-state index is 5.72. The standard InChI is InChI=1S/C17H27NO/c1-13(2)10-15-4-6-16(7-5-15)17(11-19-12-17)14(3)8-9-18/h4-7,13-14H,8-12,18H2,1-3H3. The summed E-state index contributed by atoms with van der Waals surface area (Å²) in [5, 5.41) is 0. The first-order valence-corrected chi connectivity index (χ1v) is 7.45. The van der Waals surface area contributed by atoms with Gasteiger partial charge in [-0.05, 0) is 42.3 Å². The topological polar surface area (TPSA) is 35.2 Å². The molecule has 1 heterocycles. The Bertz CT molecular complexity index is 392. The average molecular weight is 261 g/mol. The van der Waals surface area contributed by atoms with Gasteiger partial charge in [0.2, 0.25) is 0 Å². The van der Waals surface area contributed by atoms with Crippen molar-refractivity contribution >= 4 is 0 Å². The summed E-state index contributed by atoms with van der Waals surface area (Å²) >= 11 is 0. The highest BCUT2D eigenvalue weighted by Gasteiger charge is 2.44. The first kappa shape index (κ1) is 14.5. The molecule has 1 atom stereocenters. The van der Waals surface area contributed by atoms with Crippen molar-refractivity contribution in [1.82, 2.24) is 0 Å². The van der Waals surface area contributed by atoms with Crippen LogP contribution in [0.3, 0.4) is 0 Å². The van der Waals surface area contributed by atoms with Crippen molar-refractivity contribution in [3.05, 3.63) is 35.4 Å². The fraction of sp³-hybridized carbons (Fsp3) is 0.647. The summed E-state index contributed by atoms with van der Waals surface area (Å²) in [4.78, 5) is 0. The van der Waals surface area contributed by atoms with Crippen LogP contribution >= 0.6 is 0 Å². The van der Waals surface area contributed by atoms with Crippen LogP contribution in [0.2, 0.25) is 0 Å². The summed E-state index contributed by atoms with van der Waals surface area (Å²) in [6, 6.07) is 9.16. The molecule has 1 aromatic carbocycles. The zero-order chi connectivity index (χ0) is 13.9. The summed E-state index contributed by atoms with van der Waals surface area (Å²) in [5.74, 6) is 1.30. The molecule has 1 fully saturated rings. The van der Waals surface area contributed by atoms with Gasteiger partial charge in [-0.3, -0.25) is 0 Å². The molecule has 0 aromatic heterocycles. The summed E-state index contributed by atoms with van der Waals surface area (Å²) < 4.78 is 5.51. The Hall–Kier alpha value is -0.860. The van der Waals surface area contributed by atoms with Crippen molar-refractivity contribution in [2.45, 2.75) is 39.0 Å². The van der Waals surface area contributed by atoms with Gasteiger partial charge >= 0.3 is 0 Å². The van der Waals surface area contributed by atoms with Gasteiger partial charge in [-0.2, -0.15) is 0 Å². The van der Waals surface area contributed by atoms with Crippen LogP contribution in [0, 0.1) is 11.8 Å². The molecule has 0 radical (unpaired) electrons. The molecule has 0 amide bonds. The van der Waals surface area contributed by atoms with Gasteiger partial charge < -0.3 is 10.5 Å². The first-order valence-electron chi connectivity index (χ1n) is 7.45. The molecule has 1 aliphatic heterocycles. The summed E-state index contributed by atoms with van der Waals surface area (Å²) in [6.45, 7) is 9.28. The molecule has 0 spiro atoms. The molecule has 0 saturated carbocycles. The third kappa shape index (κ3) is 3.01. The van der Waals surface area contributed by atoms with Gasteiger partial charge in [-0.1, -0.05) is 45.0 Å². The molecule has 1 aromatic rings. The van der Waals surface area contributed by atoms with E-state index in [-0.39, 0.29) is 5.41 Å². The van der Waals surface area contributed by atoms with Crippen LogP contribution in [0.1, 0.15) is 38.3 Å². The molecule has 0 bridgehead atoms. The minimum absolute atomic E-state index is 0.204. The predicted molar refractivity (Wildman–Crippen MR) is 80.3 cm³/mol. The lowest BCUT2D eigenvalue weighted by atomic mass is 9.68. The Morgan fingerprint density at radius 3 is 2.21 bits per heavy atom. The highest BCUT2D eigenvalue weighted by atomic mass is 16.5. The smallest absolute Gasteiger partial charge is 0.0588 e. The molecule has 2 rings (SSSR count). The van der Waals surface area contributed by atoms with Crippen LogP contribution in [0.15, 0.2) is 24.3 Å². The maximum Gasteiger partial charge on any atom is 0.0588 e. The molecule has 106 valence electrons. The third-order valence-corrected chi connectivity index (χ3v) is 4.44. The normalized spacial score (nSPS) is 19.2. The Kier molecular flexibility index (Phi) is 4.64. The van der Waals surface area contributed by atoms with Crippen LogP contribution in [0.5, 0.6) is 0 Å². The van der Waals surface area contributed by atoms with Crippen molar-refractivity contribution in [2.75, 3.05) is 19.8 Å². The fourth-order valence-electron chi connectivity index (χ4n) is 3.03. The van der Waals surface area contributed by atoms with Crippen LogP contribution < -0.4 is 5.73 Å². The largest absolute Gasteiger partial charge is 0.379 e. The van der Waals surface area contributed by atoms with E-state index in [1.54, 1.807) is 0 Å².